The van der Waals surface area contributed by atoms with E-state index in [0.29, 0.717) is 28.5 Å². The largest absolute Gasteiger partial charge is 0.461 e. The van der Waals surface area contributed by atoms with Gasteiger partial charge in [-0.05, 0) is 50.6 Å². The van der Waals surface area contributed by atoms with Crippen LogP contribution in [0.1, 0.15) is 32.3 Å². The lowest BCUT2D eigenvalue weighted by atomic mass is 9.80. The Bertz CT molecular complexity index is 1380. The number of nitrogens with zero attached hydrogens (tertiary/aromatic N) is 4. The summed E-state index contributed by atoms with van der Waals surface area (Å²) in [6.07, 6.45) is 0. The van der Waals surface area contributed by atoms with E-state index in [1.54, 1.807) is 32.9 Å². The number of amides is 1. The molecule has 1 fully saturated rings. The van der Waals surface area contributed by atoms with Crippen molar-refractivity contribution in [1.82, 2.24) is 15.3 Å². The molecule has 0 radical (unpaired) electrons. The summed E-state index contributed by atoms with van der Waals surface area (Å²) >= 11 is 6.01. The Morgan fingerprint density at radius 1 is 1.07 bits per heavy atom. The molecule has 1 N–H and O–H groups in total. The van der Waals surface area contributed by atoms with Crippen LogP contribution in [0.5, 0.6) is 0 Å². The predicted octanol–water partition coefficient (Wildman–Crippen LogP) is 4.26. The summed E-state index contributed by atoms with van der Waals surface area (Å²) in [6, 6.07) is 13.7. The van der Waals surface area contributed by atoms with E-state index in [9.17, 15) is 19.7 Å². The van der Waals surface area contributed by atoms with Gasteiger partial charge in [0.25, 0.3) is 11.6 Å². The third-order valence-electron chi connectivity index (χ3n) is 7.44. The van der Waals surface area contributed by atoms with E-state index < -0.39 is 22.7 Å². The molecule has 0 spiro atoms. The number of allylic oxidation sites excluding steroid dienone is 2. The first-order valence-corrected chi connectivity index (χ1v) is 14.2. The fourth-order valence-corrected chi connectivity index (χ4v) is 5.47. The highest BCUT2D eigenvalue weighted by atomic mass is 35.5. The van der Waals surface area contributed by atoms with Crippen molar-refractivity contribution < 1.29 is 24.1 Å². The van der Waals surface area contributed by atoms with Crippen LogP contribution in [0.2, 0.25) is 5.02 Å². The zero-order valence-corrected chi connectivity index (χ0v) is 25.0. The van der Waals surface area contributed by atoms with E-state index >= 15 is 0 Å². The van der Waals surface area contributed by atoms with Crippen molar-refractivity contribution in [2.45, 2.75) is 26.7 Å². The van der Waals surface area contributed by atoms with Crippen molar-refractivity contribution in [2.75, 3.05) is 57.9 Å². The lowest BCUT2D eigenvalue weighted by Crippen LogP contribution is -2.47. The van der Waals surface area contributed by atoms with Gasteiger partial charge in [-0.2, -0.15) is 0 Å². The molecular formula is C30H36ClN5O6. The van der Waals surface area contributed by atoms with Gasteiger partial charge in [0.05, 0.1) is 28.6 Å². The van der Waals surface area contributed by atoms with Crippen molar-refractivity contribution in [3.05, 3.63) is 91.8 Å². The highest BCUT2D eigenvalue weighted by molar-refractivity contribution is 6.30. The fraction of sp³-hybridized carbons (Fsp3) is 0.400. The molecule has 2 heterocycles. The molecule has 0 saturated carbocycles. The fourth-order valence-electron chi connectivity index (χ4n) is 5.35. The number of rotatable bonds is 10. The van der Waals surface area contributed by atoms with Crippen LogP contribution in [-0.2, 0) is 19.2 Å². The Morgan fingerprint density at radius 3 is 2.38 bits per heavy atom. The maximum absolute atomic E-state index is 13.6. The average molecular weight is 598 g/mol. The molecule has 2 aliphatic rings. The molecule has 2 aliphatic heterocycles. The van der Waals surface area contributed by atoms with Crippen LogP contribution in [0, 0.1) is 10.1 Å². The van der Waals surface area contributed by atoms with Gasteiger partial charge in [-0.1, -0.05) is 23.7 Å². The molecule has 0 bridgehead atoms. The van der Waals surface area contributed by atoms with Gasteiger partial charge in [-0.15, -0.1) is 0 Å². The number of likely N-dealkylation sites (N-methyl/N-ethyl adjacent to an activating group) is 1. The quantitative estimate of drug-likeness (QED) is 0.243. The molecule has 2 aromatic rings. The summed E-state index contributed by atoms with van der Waals surface area (Å²) in [5.41, 5.74) is 2.93. The maximum atomic E-state index is 13.6. The third-order valence-corrected chi connectivity index (χ3v) is 7.69. The van der Waals surface area contributed by atoms with Gasteiger partial charge in [-0.3, -0.25) is 24.6 Å². The van der Waals surface area contributed by atoms with Crippen LogP contribution in [0.15, 0.2) is 71.1 Å². The Balaban J connectivity index is 1.49. The summed E-state index contributed by atoms with van der Waals surface area (Å²) in [5.74, 6) is -1.94. The number of benzene rings is 2. The van der Waals surface area contributed by atoms with Gasteiger partial charge in [0.15, 0.2) is 0 Å². The van der Waals surface area contributed by atoms with Crippen molar-refractivity contribution in [1.29, 1.82) is 0 Å². The van der Waals surface area contributed by atoms with E-state index in [1.807, 2.05) is 24.3 Å². The van der Waals surface area contributed by atoms with Crippen LogP contribution in [0.4, 0.5) is 11.4 Å². The van der Waals surface area contributed by atoms with Gasteiger partial charge < -0.3 is 15.0 Å². The number of hydrogen-bond acceptors (Lipinski definition) is 9. The Hall–Kier alpha value is -3.93. The molecule has 42 heavy (non-hydrogen) atoms. The number of non-ortho nitro benzene ring substituents is 1. The topological polar surface area (TPSA) is 117 Å². The number of hydrogen-bond donors (Lipinski definition) is 1. The van der Waals surface area contributed by atoms with Crippen molar-refractivity contribution in [3.8, 4) is 0 Å². The lowest BCUT2D eigenvalue weighted by Gasteiger charge is -2.36. The third kappa shape index (κ3) is 7.10. The highest BCUT2D eigenvalue weighted by Gasteiger charge is 2.39. The summed E-state index contributed by atoms with van der Waals surface area (Å²) < 4.78 is 5.76. The number of dihydropyridines is 1. The zero-order valence-electron chi connectivity index (χ0n) is 24.3. The number of halogens is 1. The van der Waals surface area contributed by atoms with Crippen molar-refractivity contribution in [2.24, 2.45) is 0 Å². The average Bonchev–Trinajstić information content (AvgIpc) is 2.97. The van der Waals surface area contributed by atoms with Crippen LogP contribution in [-0.4, -0.2) is 79.7 Å². The molecule has 11 nitrogen and oxygen atoms in total. The van der Waals surface area contributed by atoms with Crippen LogP contribution >= 0.6 is 11.6 Å². The minimum absolute atomic E-state index is 0.142. The Labute approximate surface area is 250 Å². The van der Waals surface area contributed by atoms with Crippen LogP contribution in [0.25, 0.3) is 0 Å². The van der Waals surface area contributed by atoms with Crippen LogP contribution < -0.4 is 10.2 Å². The first kappa shape index (κ1) is 31.0. The Morgan fingerprint density at radius 2 is 1.74 bits per heavy atom. The number of hydroxylamine groups is 2. The van der Waals surface area contributed by atoms with E-state index in [2.05, 4.69) is 15.1 Å². The number of nitrogens with one attached hydrogen (secondary N) is 1. The van der Waals surface area contributed by atoms with E-state index in [1.165, 1.54) is 19.2 Å². The number of carbonyl (C=O) groups is 2. The van der Waals surface area contributed by atoms with E-state index in [4.69, 9.17) is 21.2 Å². The molecule has 0 aromatic heterocycles. The number of carbonyl (C=O) groups excluding carboxylic acids is 2. The maximum Gasteiger partial charge on any atom is 0.336 e. The van der Waals surface area contributed by atoms with Gasteiger partial charge in [-0.25, -0.2) is 9.86 Å². The lowest BCUT2D eigenvalue weighted by molar-refractivity contribution is -0.384. The van der Waals surface area contributed by atoms with Gasteiger partial charge in [0.2, 0.25) is 0 Å². The molecule has 1 atom stereocenters. The minimum atomic E-state index is -0.892. The zero-order chi connectivity index (χ0) is 30.4. The van der Waals surface area contributed by atoms with Gasteiger partial charge in [0.1, 0.15) is 6.61 Å². The first-order chi connectivity index (χ1) is 20.1. The monoisotopic (exact) mass is 597 g/mol. The number of nitro groups is 1. The van der Waals surface area contributed by atoms with E-state index in [-0.39, 0.29) is 30.0 Å². The Kier molecular flexibility index (Phi) is 10.2. The van der Waals surface area contributed by atoms with Crippen LogP contribution in [0.3, 0.4) is 0 Å². The molecular weight excluding hydrogens is 562 g/mol. The standard InChI is InChI=1S/C30H36ClN5O6/c1-5-42-33(4)29(37)26-20(2)32-21(3)27(28(26)22-7-6-8-25(19-22)36(39)40)30(38)41-18-17-34-13-15-35(16-14-34)24-11-9-23(31)10-12-24/h6-12,19,28,32H,5,13-18H2,1-4H3. The molecule has 0 aliphatic carbocycles. The molecule has 12 heteroatoms. The molecule has 2 aromatic carbocycles. The summed E-state index contributed by atoms with van der Waals surface area (Å²) in [6.45, 7) is 9.48. The second kappa shape index (κ2) is 13.8. The molecule has 1 amide bonds. The minimum Gasteiger partial charge on any atom is -0.461 e. The summed E-state index contributed by atoms with van der Waals surface area (Å²) in [5, 5.41) is 16.5. The first-order valence-electron chi connectivity index (χ1n) is 13.8. The smallest absolute Gasteiger partial charge is 0.336 e. The number of nitro benzene ring substituents is 1. The number of esters is 1. The molecule has 224 valence electrons. The highest BCUT2D eigenvalue weighted by Crippen LogP contribution is 2.40. The second-order valence-electron chi connectivity index (χ2n) is 10.1. The molecule has 1 saturated heterocycles. The van der Waals surface area contributed by atoms with Crippen molar-refractivity contribution in [3.63, 3.8) is 0 Å². The number of ether oxygens (including phenoxy) is 1. The number of piperazine rings is 1. The summed E-state index contributed by atoms with van der Waals surface area (Å²) in [4.78, 5) is 48.1. The number of anilines is 1. The normalized spacial score (nSPS) is 17.6. The second-order valence-corrected chi connectivity index (χ2v) is 10.6. The molecule has 1 unspecified atom stereocenters. The van der Waals surface area contributed by atoms with Crippen molar-refractivity contribution >= 4 is 34.9 Å². The van der Waals surface area contributed by atoms with Gasteiger partial charge >= 0.3 is 5.97 Å². The summed E-state index contributed by atoms with van der Waals surface area (Å²) in [7, 11) is 1.49. The SMILES string of the molecule is CCON(C)C(=O)C1=C(C)NC(C)=C(C(=O)OCCN2CCN(c3ccc(Cl)cc3)CC2)C1c1cccc([N+](=O)[O-])c1. The molecule has 4 rings (SSSR count). The van der Waals surface area contributed by atoms with Gasteiger partial charge in [0, 0.05) is 74.0 Å². The predicted molar refractivity (Wildman–Crippen MR) is 160 cm³/mol. The van der Waals surface area contributed by atoms with E-state index in [0.717, 1.165) is 36.9 Å².